The Hall–Kier alpha value is -2.25. The Morgan fingerprint density at radius 2 is 1.83 bits per heavy atom. The molecule has 5 rings (SSSR count). The third-order valence-electron chi connectivity index (χ3n) is 8.55. The lowest BCUT2D eigenvalue weighted by Crippen LogP contribution is -2.52. The number of rotatable bonds is 5. The second-order valence-electron chi connectivity index (χ2n) is 10.9. The molecule has 1 aromatic carbocycles. The van der Waals surface area contributed by atoms with Gasteiger partial charge in [-0.05, 0) is 43.2 Å². The predicted molar refractivity (Wildman–Crippen MR) is 145 cm³/mol. The van der Waals surface area contributed by atoms with Crippen molar-refractivity contribution in [2.24, 2.45) is 5.92 Å². The molecule has 2 aromatic rings. The molecular weight excluding hydrogens is 468 g/mol. The summed E-state index contributed by atoms with van der Waals surface area (Å²) in [7, 11) is 0. The summed E-state index contributed by atoms with van der Waals surface area (Å²) in [5.74, 6) is 1.04. The molecule has 1 saturated heterocycles. The highest BCUT2D eigenvalue weighted by Crippen LogP contribution is 2.33. The van der Waals surface area contributed by atoms with E-state index in [-0.39, 0.29) is 11.8 Å². The van der Waals surface area contributed by atoms with Gasteiger partial charge in [0.25, 0.3) is 0 Å². The first kappa shape index (κ1) is 25.4. The Morgan fingerprint density at radius 3 is 2.61 bits per heavy atom. The Balaban J connectivity index is 1.45. The van der Waals surface area contributed by atoms with Gasteiger partial charge in [-0.3, -0.25) is 14.5 Å². The molecular formula is C29H40N4O2S. The van der Waals surface area contributed by atoms with Gasteiger partial charge in [-0.25, -0.2) is 4.98 Å². The average Bonchev–Trinajstić information content (AvgIpc) is 3.58. The quantitative estimate of drug-likeness (QED) is 0.526. The van der Waals surface area contributed by atoms with Gasteiger partial charge in [0, 0.05) is 62.3 Å². The van der Waals surface area contributed by atoms with Crippen molar-refractivity contribution in [2.75, 3.05) is 18.0 Å². The van der Waals surface area contributed by atoms with E-state index >= 15 is 0 Å². The van der Waals surface area contributed by atoms with Crippen molar-refractivity contribution in [3.63, 3.8) is 0 Å². The van der Waals surface area contributed by atoms with Crippen molar-refractivity contribution in [1.82, 2.24) is 14.8 Å². The zero-order chi connectivity index (χ0) is 24.9. The van der Waals surface area contributed by atoms with Crippen LogP contribution in [0.4, 0.5) is 5.69 Å². The van der Waals surface area contributed by atoms with E-state index in [1.165, 1.54) is 32.1 Å². The molecule has 6 nitrogen and oxygen atoms in total. The fourth-order valence-corrected chi connectivity index (χ4v) is 7.23. The molecule has 2 unspecified atom stereocenters. The van der Waals surface area contributed by atoms with Crippen molar-refractivity contribution < 1.29 is 9.59 Å². The second kappa shape index (κ2) is 11.9. The van der Waals surface area contributed by atoms with E-state index in [1.54, 1.807) is 18.3 Å². The van der Waals surface area contributed by atoms with Crippen molar-refractivity contribution in [2.45, 2.75) is 96.3 Å². The summed E-state index contributed by atoms with van der Waals surface area (Å²) in [6.07, 6.45) is 13.0. The van der Waals surface area contributed by atoms with Gasteiger partial charge in [0.2, 0.25) is 11.8 Å². The third-order valence-corrected chi connectivity index (χ3v) is 9.31. The van der Waals surface area contributed by atoms with Crippen LogP contribution in [0.15, 0.2) is 35.8 Å². The zero-order valence-corrected chi connectivity index (χ0v) is 22.4. The van der Waals surface area contributed by atoms with Crippen molar-refractivity contribution in [3.05, 3.63) is 46.4 Å². The molecule has 1 aromatic heterocycles. The van der Waals surface area contributed by atoms with Crippen molar-refractivity contribution in [1.29, 1.82) is 0 Å². The molecule has 7 heteroatoms. The minimum atomic E-state index is 0.0691. The van der Waals surface area contributed by atoms with E-state index in [9.17, 15) is 9.59 Å². The van der Waals surface area contributed by atoms with Crippen LogP contribution in [0.2, 0.25) is 0 Å². The number of amides is 2. The summed E-state index contributed by atoms with van der Waals surface area (Å²) in [6.45, 7) is 4.51. The number of fused-ring (bicyclic) bond motifs is 3. The standard InChI is InChI=1S/C29H40N4O2S/c1-22(34)32-17-15-25-10-6-11-26(33(25)21-28-30-16-18-36-28)20-31(19-24-9-4-5-12-27(24)32)29(35)14-13-23-7-2-3-8-23/h4-5,9,12,16,18,23,25-26H,2-3,6-8,10-11,13-15,17,19-21H2,1H3. The Morgan fingerprint density at radius 1 is 1.03 bits per heavy atom. The summed E-state index contributed by atoms with van der Waals surface area (Å²) in [5, 5.41) is 3.18. The van der Waals surface area contributed by atoms with Crippen LogP contribution in [0.1, 0.15) is 81.7 Å². The number of nitrogens with zero attached hydrogens (tertiary/aromatic N) is 4. The van der Waals surface area contributed by atoms with Crippen LogP contribution in [-0.4, -0.2) is 51.8 Å². The maximum atomic E-state index is 13.7. The number of aromatic nitrogens is 1. The van der Waals surface area contributed by atoms with Gasteiger partial charge in [0.1, 0.15) is 5.01 Å². The number of carbonyl (C=O) groups excluding carboxylic acids is 2. The SMILES string of the molecule is CC(=O)N1CCC2CCCC(CN(C(=O)CCC3CCCC3)Cc3ccccc31)N2Cc1nccs1. The number of para-hydroxylation sites is 1. The molecule has 1 aliphatic carbocycles. The number of piperidine rings is 1. The van der Waals surface area contributed by atoms with Gasteiger partial charge < -0.3 is 9.80 Å². The number of carbonyl (C=O) groups is 2. The molecule has 36 heavy (non-hydrogen) atoms. The molecule has 0 N–H and O–H groups in total. The van der Waals surface area contributed by atoms with Crippen molar-refractivity contribution >= 4 is 28.8 Å². The van der Waals surface area contributed by atoms with Gasteiger partial charge in [0.15, 0.2) is 0 Å². The van der Waals surface area contributed by atoms with Gasteiger partial charge in [-0.1, -0.05) is 50.3 Å². The highest BCUT2D eigenvalue weighted by Gasteiger charge is 2.35. The smallest absolute Gasteiger partial charge is 0.223 e. The molecule has 3 aliphatic rings. The van der Waals surface area contributed by atoms with Crippen LogP contribution in [0, 0.1) is 5.92 Å². The van der Waals surface area contributed by atoms with Crippen LogP contribution >= 0.6 is 11.3 Å². The highest BCUT2D eigenvalue weighted by molar-refractivity contribution is 7.09. The number of thiazole rings is 1. The van der Waals surface area contributed by atoms with Crippen LogP contribution in [0.25, 0.3) is 0 Å². The Kier molecular flexibility index (Phi) is 8.37. The maximum Gasteiger partial charge on any atom is 0.223 e. The van der Waals surface area contributed by atoms with E-state index < -0.39 is 0 Å². The Labute approximate surface area is 219 Å². The van der Waals surface area contributed by atoms with Crippen molar-refractivity contribution in [3.8, 4) is 0 Å². The zero-order valence-electron chi connectivity index (χ0n) is 21.6. The first-order chi connectivity index (χ1) is 17.6. The van der Waals surface area contributed by atoms with Gasteiger partial charge in [0.05, 0.1) is 6.54 Å². The number of anilines is 1. The first-order valence-electron chi connectivity index (χ1n) is 13.9. The third kappa shape index (κ3) is 6.00. The fourth-order valence-electron chi connectivity index (χ4n) is 6.60. The molecule has 2 aliphatic heterocycles. The Bertz CT molecular complexity index is 1020. The average molecular weight is 509 g/mol. The van der Waals surface area contributed by atoms with E-state index in [0.717, 1.165) is 55.0 Å². The fraction of sp³-hybridized carbons (Fsp3) is 0.621. The lowest BCUT2D eigenvalue weighted by Gasteiger charge is -2.43. The molecule has 2 amide bonds. The minimum Gasteiger partial charge on any atom is -0.337 e. The number of hydrogen-bond acceptors (Lipinski definition) is 5. The summed E-state index contributed by atoms with van der Waals surface area (Å²) in [6, 6.07) is 8.89. The molecule has 194 valence electrons. The van der Waals surface area contributed by atoms with Gasteiger partial charge in [-0.2, -0.15) is 0 Å². The van der Waals surface area contributed by atoms with E-state index in [1.807, 2.05) is 28.6 Å². The normalized spacial score (nSPS) is 23.8. The molecule has 0 spiro atoms. The summed E-state index contributed by atoms with van der Waals surface area (Å²) in [5.41, 5.74) is 2.03. The largest absolute Gasteiger partial charge is 0.337 e. The second-order valence-corrected chi connectivity index (χ2v) is 11.9. The highest BCUT2D eigenvalue weighted by atomic mass is 32.1. The van der Waals surface area contributed by atoms with Crippen LogP contribution in [-0.2, 0) is 22.7 Å². The predicted octanol–water partition coefficient (Wildman–Crippen LogP) is 5.62. The monoisotopic (exact) mass is 508 g/mol. The maximum absolute atomic E-state index is 13.7. The van der Waals surface area contributed by atoms with Crippen LogP contribution in [0.5, 0.6) is 0 Å². The minimum absolute atomic E-state index is 0.0691. The lowest BCUT2D eigenvalue weighted by molar-refractivity contribution is -0.133. The van der Waals surface area contributed by atoms with E-state index in [4.69, 9.17) is 0 Å². The topological polar surface area (TPSA) is 56.8 Å². The van der Waals surface area contributed by atoms with Gasteiger partial charge in [-0.15, -0.1) is 11.3 Å². The van der Waals surface area contributed by atoms with E-state index in [2.05, 4.69) is 26.9 Å². The molecule has 1 saturated carbocycles. The molecule has 2 fully saturated rings. The van der Waals surface area contributed by atoms with E-state index in [0.29, 0.717) is 37.5 Å². The molecule has 2 atom stereocenters. The first-order valence-corrected chi connectivity index (χ1v) is 14.7. The summed E-state index contributed by atoms with van der Waals surface area (Å²) >= 11 is 1.71. The number of benzene rings is 1. The lowest BCUT2D eigenvalue weighted by atomic mass is 9.92. The van der Waals surface area contributed by atoms with Crippen LogP contribution in [0.3, 0.4) is 0 Å². The van der Waals surface area contributed by atoms with Gasteiger partial charge >= 0.3 is 0 Å². The summed E-state index contributed by atoms with van der Waals surface area (Å²) in [4.78, 5) is 37.8. The molecule has 0 radical (unpaired) electrons. The number of hydrogen-bond donors (Lipinski definition) is 0. The molecule has 2 bridgehead atoms. The van der Waals surface area contributed by atoms with Crippen LogP contribution < -0.4 is 4.90 Å². The molecule has 3 heterocycles. The summed E-state index contributed by atoms with van der Waals surface area (Å²) < 4.78 is 0.